The van der Waals surface area contributed by atoms with Crippen LogP contribution in [0.3, 0.4) is 0 Å². The molecule has 3 fully saturated rings. The first kappa shape index (κ1) is 50.3. The van der Waals surface area contributed by atoms with E-state index in [9.17, 15) is 9.90 Å². The SMILES string of the molecule is CC[Si](CC)(CC)OC1[C@H](CC(=O)O)O[C@]2(C[C@H](N)C3OC([C@H](C[C@H](CO[Si](C)(C)C(C)(C)C)O[Si](C)(C)C(C)(C)C)O[Si](CC)(CC)CC)CC3O2)C[C@@H]1N. The summed E-state index contributed by atoms with van der Waals surface area (Å²) in [5.41, 5.74) is 14.0. The number of ether oxygens (including phenoxy) is 3. The van der Waals surface area contributed by atoms with E-state index in [0.717, 1.165) is 36.3 Å². The fraction of sp³-hybridized carbons (Fsp3) is 0.976. The van der Waals surface area contributed by atoms with Crippen molar-refractivity contribution in [3.05, 3.63) is 0 Å². The van der Waals surface area contributed by atoms with Crippen molar-refractivity contribution in [1.82, 2.24) is 0 Å². The number of rotatable bonds is 20. The Morgan fingerprint density at radius 3 is 1.79 bits per heavy atom. The van der Waals surface area contributed by atoms with Crippen LogP contribution in [0.1, 0.15) is 115 Å². The van der Waals surface area contributed by atoms with Gasteiger partial charge in [0.1, 0.15) is 0 Å². The summed E-state index contributed by atoms with van der Waals surface area (Å²) in [7, 11) is -8.50. The summed E-state index contributed by atoms with van der Waals surface area (Å²) in [6.07, 6.45) is -0.894. The molecule has 3 rings (SSSR count). The molecule has 10 atom stereocenters. The van der Waals surface area contributed by atoms with Crippen molar-refractivity contribution in [3.8, 4) is 0 Å². The van der Waals surface area contributed by atoms with Gasteiger partial charge in [-0.1, -0.05) is 83.1 Å². The second kappa shape index (κ2) is 19.4. The van der Waals surface area contributed by atoms with Crippen LogP contribution in [0, 0.1) is 0 Å². The van der Waals surface area contributed by atoms with E-state index in [-0.39, 0.29) is 47.0 Å². The van der Waals surface area contributed by atoms with Gasteiger partial charge in [-0.05, 0) is 72.5 Å². The highest BCUT2D eigenvalue weighted by Gasteiger charge is 2.58. The fourth-order valence-electron chi connectivity index (χ4n) is 8.49. The van der Waals surface area contributed by atoms with Crippen molar-refractivity contribution in [2.45, 2.75) is 248 Å². The molecule has 3 aliphatic heterocycles. The number of fused-ring (bicyclic) bond motifs is 1. The minimum atomic E-state index is -2.19. The summed E-state index contributed by atoms with van der Waals surface area (Å²) in [6.45, 7) is 36.7. The zero-order valence-electron chi connectivity index (χ0n) is 38.5. The summed E-state index contributed by atoms with van der Waals surface area (Å²) in [5, 5.41) is 10.1. The van der Waals surface area contributed by atoms with Crippen LogP contribution in [0.15, 0.2) is 0 Å². The number of carboxylic acids is 1. The second-order valence-corrected chi connectivity index (χ2v) is 39.5. The highest BCUT2D eigenvalue weighted by atomic mass is 28.4. The first-order chi connectivity index (χ1) is 25.7. The van der Waals surface area contributed by atoms with Crippen molar-refractivity contribution in [2.75, 3.05) is 6.61 Å². The molecule has 0 aromatic rings. The molecule has 0 amide bonds. The molecular formula is C41H86N2O9Si4. The lowest BCUT2D eigenvalue weighted by molar-refractivity contribution is -0.339. The smallest absolute Gasteiger partial charge is 0.306 e. The third-order valence-electron chi connectivity index (χ3n) is 14.8. The van der Waals surface area contributed by atoms with Gasteiger partial charge in [0.15, 0.2) is 39.1 Å². The molecule has 3 saturated heterocycles. The Morgan fingerprint density at radius 2 is 1.30 bits per heavy atom. The second-order valence-electron chi connectivity index (χ2n) is 20.5. The number of hydrogen-bond donors (Lipinski definition) is 3. The Kier molecular flexibility index (Phi) is 17.4. The molecule has 0 bridgehead atoms. The molecule has 0 radical (unpaired) electrons. The van der Waals surface area contributed by atoms with Gasteiger partial charge in [-0.25, -0.2) is 0 Å². The largest absolute Gasteiger partial charge is 0.481 e. The van der Waals surface area contributed by atoms with E-state index >= 15 is 0 Å². The van der Waals surface area contributed by atoms with Gasteiger partial charge in [-0.2, -0.15) is 0 Å². The lowest BCUT2D eigenvalue weighted by Crippen LogP contribution is -2.67. The van der Waals surface area contributed by atoms with Gasteiger partial charge >= 0.3 is 5.97 Å². The summed E-state index contributed by atoms with van der Waals surface area (Å²) < 4.78 is 49.1. The highest BCUT2D eigenvalue weighted by Crippen LogP contribution is 2.47. The van der Waals surface area contributed by atoms with E-state index in [0.29, 0.717) is 32.3 Å². The van der Waals surface area contributed by atoms with E-state index in [1.54, 1.807) is 0 Å². The predicted molar refractivity (Wildman–Crippen MR) is 237 cm³/mol. The number of nitrogens with two attached hydrogens (primary N) is 2. The highest BCUT2D eigenvalue weighted by molar-refractivity contribution is 6.75. The molecule has 0 aromatic carbocycles. The lowest BCUT2D eigenvalue weighted by atomic mass is 9.84. The molecule has 1 spiro atoms. The van der Waals surface area contributed by atoms with Crippen LogP contribution in [0.4, 0.5) is 0 Å². The minimum Gasteiger partial charge on any atom is -0.481 e. The third-order valence-corrected chi connectivity index (χ3v) is 33.2. The van der Waals surface area contributed by atoms with E-state index in [1.807, 2.05) is 0 Å². The standard InChI is InChI=1S/C41H86N2O9Si4/c1-17-55(18-2,19-3)51-33(23-29(50-54(15,16)40(10,11)12)28-46-53(13,14)39(7,8)9)32-24-34-37(47-32)30(42)26-41(48-34)27-31(43)38(35(49-41)25-36(44)45)52-56(20-4,21-5)22-6/h29-35,37-38H,17-28,42-43H2,1-16H3,(H,44,45)/t29-,30+,31+,32?,33+,34?,35+,37?,38?,41-/m1/s1. The van der Waals surface area contributed by atoms with E-state index < -0.39 is 69.3 Å². The third kappa shape index (κ3) is 11.9. The molecule has 15 heteroatoms. The Bertz CT molecular complexity index is 1240. The van der Waals surface area contributed by atoms with E-state index in [1.165, 1.54) is 0 Å². The molecule has 0 aromatic heterocycles. The Balaban J connectivity index is 1.97. The lowest BCUT2D eigenvalue weighted by Gasteiger charge is -2.53. The van der Waals surface area contributed by atoms with Crippen LogP contribution in [-0.2, 0) is 36.7 Å². The van der Waals surface area contributed by atoms with Gasteiger partial charge in [0, 0.05) is 37.8 Å². The zero-order valence-corrected chi connectivity index (χ0v) is 42.5. The maximum absolute atomic E-state index is 12.2. The maximum atomic E-state index is 12.2. The Hall–Kier alpha value is -0.0225. The Labute approximate surface area is 346 Å². The molecule has 0 saturated carbocycles. The van der Waals surface area contributed by atoms with Gasteiger partial charge in [0.2, 0.25) is 0 Å². The van der Waals surface area contributed by atoms with E-state index in [2.05, 4.69) is 109 Å². The van der Waals surface area contributed by atoms with Crippen molar-refractivity contribution in [1.29, 1.82) is 0 Å². The van der Waals surface area contributed by atoms with Crippen LogP contribution in [-0.4, -0.2) is 112 Å². The first-order valence-electron chi connectivity index (χ1n) is 22.1. The monoisotopic (exact) mass is 863 g/mol. The predicted octanol–water partition coefficient (Wildman–Crippen LogP) is 9.13. The molecule has 330 valence electrons. The van der Waals surface area contributed by atoms with Crippen LogP contribution in [0.2, 0.25) is 72.5 Å². The van der Waals surface area contributed by atoms with Crippen LogP contribution >= 0.6 is 0 Å². The summed E-state index contributed by atoms with van der Waals surface area (Å²) in [5.74, 6) is -2.07. The van der Waals surface area contributed by atoms with Crippen molar-refractivity contribution < 1.29 is 41.8 Å². The number of carboxylic acid groups (broad SMARTS) is 1. The summed E-state index contributed by atoms with van der Waals surface area (Å²) >= 11 is 0. The zero-order chi connectivity index (χ0) is 42.7. The number of aliphatic carboxylic acids is 1. The van der Waals surface area contributed by atoms with Crippen molar-refractivity contribution in [2.24, 2.45) is 11.5 Å². The molecule has 0 aliphatic carbocycles. The maximum Gasteiger partial charge on any atom is 0.306 e. The molecule has 3 aliphatic rings. The Morgan fingerprint density at radius 1 is 0.786 bits per heavy atom. The van der Waals surface area contributed by atoms with Gasteiger partial charge in [0.05, 0.1) is 55.8 Å². The number of carbonyl (C=O) groups is 1. The topological polar surface area (TPSA) is 154 Å². The van der Waals surface area contributed by atoms with E-state index in [4.69, 9.17) is 43.4 Å². The van der Waals surface area contributed by atoms with Crippen molar-refractivity contribution >= 4 is 39.2 Å². The van der Waals surface area contributed by atoms with Gasteiger partial charge < -0.3 is 48.5 Å². The van der Waals surface area contributed by atoms with Gasteiger partial charge in [0.25, 0.3) is 0 Å². The summed E-state index contributed by atoms with van der Waals surface area (Å²) in [4.78, 5) is 12.2. The van der Waals surface area contributed by atoms with Crippen LogP contribution in [0.25, 0.3) is 0 Å². The number of hydrogen-bond acceptors (Lipinski definition) is 10. The normalized spacial score (nSPS) is 30.7. The molecular weight excluding hydrogens is 777 g/mol. The average Bonchev–Trinajstić information content (AvgIpc) is 3.52. The van der Waals surface area contributed by atoms with Gasteiger partial charge in [-0.15, -0.1) is 0 Å². The molecule has 4 unspecified atom stereocenters. The molecule has 56 heavy (non-hydrogen) atoms. The van der Waals surface area contributed by atoms with Crippen LogP contribution < -0.4 is 11.5 Å². The van der Waals surface area contributed by atoms with Crippen LogP contribution in [0.5, 0.6) is 0 Å². The minimum absolute atomic E-state index is 0.0256. The summed E-state index contributed by atoms with van der Waals surface area (Å²) in [6, 6.07) is 5.00. The van der Waals surface area contributed by atoms with Crippen molar-refractivity contribution in [3.63, 3.8) is 0 Å². The molecule has 11 nitrogen and oxygen atoms in total. The van der Waals surface area contributed by atoms with Gasteiger partial charge in [-0.3, -0.25) is 4.79 Å². The average molecular weight is 863 g/mol. The quantitative estimate of drug-likeness (QED) is 0.100. The molecule has 5 N–H and O–H groups in total. The fourth-order valence-corrected chi connectivity index (χ4v) is 16.7. The first-order valence-corrected chi connectivity index (χ1v) is 33.0. The molecule has 3 heterocycles.